The summed E-state index contributed by atoms with van der Waals surface area (Å²) >= 11 is 0. The van der Waals surface area contributed by atoms with Crippen molar-refractivity contribution in [2.45, 2.75) is 11.7 Å². The van der Waals surface area contributed by atoms with Crippen molar-refractivity contribution in [3.8, 4) is 0 Å². The molecule has 0 aromatic carbocycles. The molecule has 22 heavy (non-hydrogen) atoms. The number of nitrogen functional groups attached to an aromatic ring is 1. The average molecular weight is 330 g/mol. The number of imide groups is 1. The Labute approximate surface area is 123 Å². The lowest BCUT2D eigenvalue weighted by atomic mass is 10.3. The van der Waals surface area contributed by atoms with E-state index in [1.165, 1.54) is 12.1 Å². The van der Waals surface area contributed by atoms with Gasteiger partial charge in [-0.2, -0.15) is 8.42 Å². The van der Waals surface area contributed by atoms with E-state index in [0.717, 1.165) is 6.20 Å². The molecular weight excluding hydrogens is 320 g/mol. The number of pyridine rings is 1. The number of nitrogens with one attached hydrogen (secondary N) is 1. The van der Waals surface area contributed by atoms with Crippen molar-refractivity contribution < 1.29 is 32.2 Å². The van der Waals surface area contributed by atoms with Gasteiger partial charge in [0, 0.05) is 6.20 Å². The molecule has 1 saturated heterocycles. The molecule has 1 aliphatic heterocycles. The van der Waals surface area contributed by atoms with Crippen LogP contribution in [0.1, 0.15) is 16.8 Å². The molecule has 11 nitrogen and oxygen atoms in total. The third kappa shape index (κ3) is 3.03. The van der Waals surface area contributed by atoms with Crippen LogP contribution in [0.4, 0.5) is 5.82 Å². The Hall–Kier alpha value is -2.57. The van der Waals surface area contributed by atoms with Gasteiger partial charge in [0.25, 0.3) is 21.9 Å². The Balaban J connectivity index is 2.14. The molecule has 12 heteroatoms. The maximum absolute atomic E-state index is 11.8. The van der Waals surface area contributed by atoms with E-state index in [1.807, 2.05) is 0 Å². The van der Waals surface area contributed by atoms with Crippen LogP contribution < -0.4 is 11.3 Å². The highest BCUT2D eigenvalue weighted by Crippen LogP contribution is 2.20. The maximum atomic E-state index is 11.8. The van der Waals surface area contributed by atoms with E-state index < -0.39 is 39.6 Å². The minimum absolute atomic E-state index is 0.00978. The van der Waals surface area contributed by atoms with Gasteiger partial charge in [0.2, 0.25) is 0 Å². The molecule has 118 valence electrons. The van der Waals surface area contributed by atoms with Crippen LogP contribution in [0.3, 0.4) is 0 Å². The molecule has 0 radical (unpaired) electrons. The first kappa shape index (κ1) is 15.8. The summed E-state index contributed by atoms with van der Waals surface area (Å²) in [6, 6.07) is 2.60. The molecule has 2 rings (SSSR count). The van der Waals surface area contributed by atoms with Crippen molar-refractivity contribution in [3.05, 3.63) is 23.9 Å². The predicted octanol–water partition coefficient (Wildman–Crippen LogP) is -1.55. The third-order valence-electron chi connectivity index (χ3n) is 2.74. The molecule has 1 fully saturated rings. The van der Waals surface area contributed by atoms with Gasteiger partial charge in [-0.3, -0.25) is 14.1 Å². The topological polar surface area (TPSA) is 169 Å². The molecule has 1 aliphatic rings. The fourth-order valence-corrected chi connectivity index (χ4v) is 2.35. The molecule has 1 atom stereocenters. The normalized spacial score (nSPS) is 18.5. The number of nitrogens with zero attached hydrogens (tertiary/aromatic N) is 2. The van der Waals surface area contributed by atoms with Crippen LogP contribution in [0.5, 0.6) is 0 Å². The van der Waals surface area contributed by atoms with E-state index in [4.69, 9.17) is 10.4 Å². The van der Waals surface area contributed by atoms with Gasteiger partial charge in [-0.15, -0.1) is 5.06 Å². The molecular formula is C10H10N4O7S. The molecule has 1 aromatic heterocycles. The second kappa shape index (κ2) is 5.67. The highest BCUT2D eigenvalue weighted by Gasteiger charge is 2.48. The predicted molar refractivity (Wildman–Crippen MR) is 69.3 cm³/mol. The first-order valence-corrected chi connectivity index (χ1v) is 7.22. The second-order valence-corrected chi connectivity index (χ2v) is 5.79. The van der Waals surface area contributed by atoms with Crippen molar-refractivity contribution in [1.29, 1.82) is 0 Å². The Kier molecular flexibility index (Phi) is 4.07. The minimum Gasteiger partial charge on any atom is -0.325 e. The van der Waals surface area contributed by atoms with E-state index in [9.17, 15) is 22.8 Å². The van der Waals surface area contributed by atoms with E-state index in [-0.39, 0.29) is 16.4 Å². The lowest BCUT2D eigenvalue weighted by Crippen LogP contribution is -2.36. The number of anilines is 1. The van der Waals surface area contributed by atoms with Crippen LogP contribution in [-0.2, 0) is 24.5 Å². The number of aromatic nitrogens is 1. The zero-order valence-corrected chi connectivity index (χ0v) is 11.6. The summed E-state index contributed by atoms with van der Waals surface area (Å²) in [5.74, 6) is 1.85. The molecule has 2 heterocycles. The summed E-state index contributed by atoms with van der Waals surface area (Å²) < 4.78 is 30.7. The first-order valence-electron chi connectivity index (χ1n) is 5.72. The van der Waals surface area contributed by atoms with Crippen LogP contribution >= 0.6 is 0 Å². The third-order valence-corrected chi connectivity index (χ3v) is 3.83. The molecule has 0 bridgehead atoms. The van der Waals surface area contributed by atoms with Gasteiger partial charge in [-0.25, -0.2) is 15.6 Å². The van der Waals surface area contributed by atoms with Crippen molar-refractivity contribution in [2.75, 3.05) is 5.43 Å². The van der Waals surface area contributed by atoms with E-state index in [1.54, 1.807) is 0 Å². The first-order chi connectivity index (χ1) is 10.2. The van der Waals surface area contributed by atoms with Gasteiger partial charge >= 0.3 is 5.97 Å². The summed E-state index contributed by atoms with van der Waals surface area (Å²) in [6.07, 6.45) is 0.266. The maximum Gasteiger partial charge on any atom is 0.365 e. The quantitative estimate of drug-likeness (QED) is 0.254. The average Bonchev–Trinajstić information content (AvgIpc) is 2.75. The summed E-state index contributed by atoms with van der Waals surface area (Å²) in [7, 11) is -4.76. The lowest BCUT2D eigenvalue weighted by Gasteiger charge is -2.13. The van der Waals surface area contributed by atoms with Crippen LogP contribution in [0.15, 0.2) is 18.3 Å². The molecule has 0 aliphatic carbocycles. The van der Waals surface area contributed by atoms with E-state index in [0.29, 0.717) is 0 Å². The zero-order valence-electron chi connectivity index (χ0n) is 10.8. The largest absolute Gasteiger partial charge is 0.365 e. The number of rotatable bonds is 4. The van der Waals surface area contributed by atoms with Gasteiger partial charge in [0.1, 0.15) is 5.82 Å². The molecule has 0 spiro atoms. The molecule has 0 saturated carbocycles. The summed E-state index contributed by atoms with van der Waals surface area (Å²) in [5.41, 5.74) is 2.12. The second-order valence-electron chi connectivity index (χ2n) is 4.19. The van der Waals surface area contributed by atoms with E-state index in [2.05, 4.69) is 15.2 Å². The summed E-state index contributed by atoms with van der Waals surface area (Å²) in [6.45, 7) is 0. The van der Waals surface area contributed by atoms with Crippen molar-refractivity contribution in [2.24, 2.45) is 5.84 Å². The lowest BCUT2D eigenvalue weighted by molar-refractivity contribution is -0.172. The van der Waals surface area contributed by atoms with Gasteiger partial charge in [0.05, 0.1) is 12.0 Å². The highest BCUT2D eigenvalue weighted by atomic mass is 32.2. The SMILES string of the molecule is NNc1ccc(C(=O)ON2C(=O)CC(S(=O)(=O)O)C2=O)cn1. The molecule has 2 amide bonds. The Morgan fingerprint density at radius 1 is 1.45 bits per heavy atom. The van der Waals surface area contributed by atoms with Crippen LogP contribution in [0.2, 0.25) is 0 Å². The Morgan fingerprint density at radius 3 is 2.59 bits per heavy atom. The van der Waals surface area contributed by atoms with E-state index >= 15 is 0 Å². The van der Waals surface area contributed by atoms with Crippen molar-refractivity contribution in [1.82, 2.24) is 10.0 Å². The smallest absolute Gasteiger partial charge is 0.325 e. The van der Waals surface area contributed by atoms with Crippen LogP contribution in [-0.4, -0.2) is 46.1 Å². The number of hydrogen-bond donors (Lipinski definition) is 3. The van der Waals surface area contributed by atoms with Crippen molar-refractivity contribution in [3.63, 3.8) is 0 Å². The number of nitrogens with two attached hydrogens (primary N) is 1. The van der Waals surface area contributed by atoms with Crippen molar-refractivity contribution >= 4 is 33.7 Å². The zero-order chi connectivity index (χ0) is 16.5. The number of hydroxylamine groups is 2. The minimum atomic E-state index is -4.76. The summed E-state index contributed by atoms with van der Waals surface area (Å²) in [5, 5.41) is -1.97. The van der Waals surface area contributed by atoms with Gasteiger partial charge in [-0.05, 0) is 12.1 Å². The number of amides is 2. The van der Waals surface area contributed by atoms with Gasteiger partial charge < -0.3 is 10.3 Å². The van der Waals surface area contributed by atoms with Gasteiger partial charge in [0.15, 0.2) is 5.25 Å². The number of hydrogen-bond acceptors (Lipinski definition) is 9. The molecule has 1 unspecified atom stereocenters. The number of carbonyl (C=O) groups excluding carboxylic acids is 3. The fraction of sp³-hybridized carbons (Fsp3) is 0.200. The Morgan fingerprint density at radius 2 is 2.14 bits per heavy atom. The summed E-state index contributed by atoms with van der Waals surface area (Å²) in [4.78, 5) is 43.2. The fourth-order valence-electron chi connectivity index (χ4n) is 1.65. The van der Waals surface area contributed by atoms with Crippen LogP contribution in [0.25, 0.3) is 0 Å². The molecule has 1 aromatic rings. The number of carbonyl (C=O) groups is 3. The van der Waals surface area contributed by atoms with Crippen LogP contribution in [0, 0.1) is 0 Å². The van der Waals surface area contributed by atoms with Gasteiger partial charge in [-0.1, -0.05) is 0 Å². The highest BCUT2D eigenvalue weighted by molar-refractivity contribution is 7.87. The Bertz CT molecular complexity index is 730. The standard InChI is InChI=1S/C10H10N4O7S/c11-13-7-2-1-5(4-12-7)10(17)21-14-8(15)3-6(9(14)16)22(18,19)20/h1-2,4,6H,3,11H2,(H,12,13)(H,18,19,20). The number of hydrazine groups is 1. The molecule has 4 N–H and O–H groups in total. The monoisotopic (exact) mass is 330 g/mol.